The average Bonchev–Trinajstić information content (AvgIpc) is 3.21. The van der Waals surface area contributed by atoms with Gasteiger partial charge in [-0.25, -0.2) is 0 Å². The molecule has 0 bridgehead atoms. The second-order valence-corrected chi connectivity index (χ2v) is 13.4. The summed E-state index contributed by atoms with van der Waals surface area (Å²) in [6.45, 7) is 2.21. The van der Waals surface area contributed by atoms with Crippen LogP contribution in [-0.4, -0.2) is 0 Å². The van der Waals surface area contributed by atoms with E-state index in [0.717, 1.165) is 0 Å². The minimum absolute atomic E-state index is 1.21. The predicted octanol–water partition coefficient (Wildman–Crippen LogP) is 14.3. The molecule has 0 aliphatic carbocycles. The van der Waals surface area contributed by atoms with Gasteiger partial charge in [-0.1, -0.05) is 169 Å². The Kier molecular flexibility index (Phi) is 7.84. The highest BCUT2D eigenvalue weighted by Gasteiger charge is 2.19. The van der Waals surface area contributed by atoms with Crippen molar-refractivity contribution in [1.29, 1.82) is 0 Å². The lowest BCUT2D eigenvalue weighted by molar-refractivity contribution is 1.50. The number of hydrogen-bond acceptors (Lipinski definition) is 0. The van der Waals surface area contributed by atoms with E-state index in [4.69, 9.17) is 0 Å². The Morgan fingerprint density at radius 3 is 0.882 bits per heavy atom. The fourth-order valence-corrected chi connectivity index (χ4v) is 7.65. The van der Waals surface area contributed by atoms with Gasteiger partial charge in [-0.15, -0.1) is 0 Å². The molecule has 0 atom stereocenters. The van der Waals surface area contributed by atoms with Gasteiger partial charge in [0.2, 0.25) is 0 Å². The molecule has 0 heteroatoms. The molecular formula is C51H36. The highest BCUT2D eigenvalue weighted by molar-refractivity contribution is 6.22. The third-order valence-corrected chi connectivity index (χ3v) is 10.1. The Bertz CT molecular complexity index is 2540. The lowest BCUT2D eigenvalue weighted by Crippen LogP contribution is -1.94. The molecular weight excluding hydrogens is 613 g/mol. The van der Waals surface area contributed by atoms with Crippen LogP contribution in [0.15, 0.2) is 200 Å². The first-order valence-corrected chi connectivity index (χ1v) is 17.7. The second-order valence-electron chi connectivity index (χ2n) is 13.4. The first-order valence-electron chi connectivity index (χ1n) is 17.7. The van der Waals surface area contributed by atoms with E-state index in [2.05, 4.69) is 207 Å². The molecule has 9 aromatic carbocycles. The van der Waals surface area contributed by atoms with Crippen molar-refractivity contribution in [2.75, 3.05) is 0 Å². The van der Waals surface area contributed by atoms with Crippen molar-refractivity contribution < 1.29 is 0 Å². The lowest BCUT2D eigenvalue weighted by atomic mass is 9.83. The molecule has 0 aromatic heterocycles. The average molecular weight is 649 g/mol. The highest BCUT2D eigenvalue weighted by atomic mass is 14.2. The molecule has 0 aliphatic heterocycles. The Hall–Kier alpha value is -6.50. The molecule has 0 spiro atoms. The largest absolute Gasteiger partial charge is 0.0622 e. The summed E-state index contributed by atoms with van der Waals surface area (Å²) in [5.41, 5.74) is 15.9. The molecule has 0 saturated carbocycles. The molecule has 0 heterocycles. The normalized spacial score (nSPS) is 11.2. The van der Waals surface area contributed by atoms with Crippen molar-refractivity contribution in [1.82, 2.24) is 0 Å². The van der Waals surface area contributed by atoms with Gasteiger partial charge in [-0.2, -0.15) is 0 Å². The lowest BCUT2D eigenvalue weighted by Gasteiger charge is -2.20. The summed E-state index contributed by atoms with van der Waals surface area (Å²) in [4.78, 5) is 0. The van der Waals surface area contributed by atoms with Gasteiger partial charge in [-0.05, 0) is 132 Å². The zero-order chi connectivity index (χ0) is 34.1. The Balaban J connectivity index is 1.37. The van der Waals surface area contributed by atoms with Gasteiger partial charge < -0.3 is 0 Å². The van der Waals surface area contributed by atoms with Crippen LogP contribution in [0.25, 0.3) is 88.3 Å². The minimum atomic E-state index is 1.21. The van der Waals surface area contributed by atoms with Gasteiger partial charge in [-0.3, -0.25) is 0 Å². The summed E-state index contributed by atoms with van der Waals surface area (Å²) in [6, 6.07) is 73.2. The van der Waals surface area contributed by atoms with Crippen molar-refractivity contribution in [3.05, 3.63) is 206 Å². The SMILES string of the molecule is Cc1ccc2c(-c3cc(-c4ccccc4)cc(-c4ccccc4)c3)c3ccccc3c(-c3cc(-c4ccccc4)cc(-c4ccccc4)c3)c2c1. The van der Waals surface area contributed by atoms with Crippen LogP contribution in [0.5, 0.6) is 0 Å². The van der Waals surface area contributed by atoms with E-state index in [-0.39, 0.29) is 0 Å². The molecule has 9 aromatic rings. The molecule has 0 saturated heterocycles. The van der Waals surface area contributed by atoms with Gasteiger partial charge in [0.1, 0.15) is 0 Å². The van der Waals surface area contributed by atoms with Crippen molar-refractivity contribution in [3.63, 3.8) is 0 Å². The zero-order valence-electron chi connectivity index (χ0n) is 28.6. The number of rotatable bonds is 6. The van der Waals surface area contributed by atoms with E-state index in [1.165, 1.54) is 93.9 Å². The van der Waals surface area contributed by atoms with E-state index in [1.54, 1.807) is 0 Å². The van der Waals surface area contributed by atoms with Crippen molar-refractivity contribution in [2.45, 2.75) is 6.92 Å². The molecule has 9 rings (SSSR count). The molecule has 0 aliphatic rings. The quantitative estimate of drug-likeness (QED) is 0.157. The van der Waals surface area contributed by atoms with Crippen LogP contribution in [-0.2, 0) is 0 Å². The molecule has 51 heavy (non-hydrogen) atoms. The third-order valence-electron chi connectivity index (χ3n) is 10.1. The number of aryl methyl sites for hydroxylation is 1. The summed E-state index contributed by atoms with van der Waals surface area (Å²) in [5, 5.41) is 5.02. The highest BCUT2D eigenvalue weighted by Crippen LogP contribution is 2.47. The van der Waals surface area contributed by atoms with Crippen molar-refractivity contribution >= 4 is 21.5 Å². The molecule has 0 radical (unpaired) electrons. The van der Waals surface area contributed by atoms with E-state index in [9.17, 15) is 0 Å². The molecule has 0 amide bonds. The summed E-state index contributed by atoms with van der Waals surface area (Å²) < 4.78 is 0. The van der Waals surface area contributed by atoms with Crippen LogP contribution >= 0.6 is 0 Å². The zero-order valence-corrected chi connectivity index (χ0v) is 28.6. The molecule has 0 nitrogen and oxygen atoms in total. The van der Waals surface area contributed by atoms with Gasteiger partial charge in [0.25, 0.3) is 0 Å². The molecule has 0 N–H and O–H groups in total. The smallest absolute Gasteiger partial charge is 0.00258 e. The van der Waals surface area contributed by atoms with Gasteiger partial charge in [0.15, 0.2) is 0 Å². The van der Waals surface area contributed by atoms with E-state index in [0.29, 0.717) is 0 Å². The predicted molar refractivity (Wildman–Crippen MR) is 219 cm³/mol. The van der Waals surface area contributed by atoms with Crippen LogP contribution in [0, 0.1) is 6.92 Å². The first kappa shape index (κ1) is 30.6. The van der Waals surface area contributed by atoms with Crippen LogP contribution < -0.4 is 0 Å². The van der Waals surface area contributed by atoms with E-state index >= 15 is 0 Å². The standard InChI is InChI=1S/C51H36/c1-35-26-27-48-49(28-35)51(45-33-42(38-20-10-4-11-21-38)30-43(34-45)39-22-12-5-13-23-39)47-25-15-14-24-46(47)50(48)44-31-40(36-16-6-2-7-17-36)29-41(32-44)37-18-8-3-9-19-37/h2-34H,1H3. The van der Waals surface area contributed by atoms with E-state index in [1.807, 2.05) is 0 Å². The summed E-state index contributed by atoms with van der Waals surface area (Å²) >= 11 is 0. The van der Waals surface area contributed by atoms with Crippen molar-refractivity contribution in [3.8, 4) is 66.8 Å². The van der Waals surface area contributed by atoms with Crippen LogP contribution in [0.2, 0.25) is 0 Å². The number of hydrogen-bond donors (Lipinski definition) is 0. The minimum Gasteiger partial charge on any atom is -0.0622 e. The first-order chi connectivity index (χ1) is 25.2. The van der Waals surface area contributed by atoms with Gasteiger partial charge in [0, 0.05) is 0 Å². The molecule has 0 unspecified atom stereocenters. The topological polar surface area (TPSA) is 0 Å². The van der Waals surface area contributed by atoms with E-state index < -0.39 is 0 Å². The summed E-state index contributed by atoms with van der Waals surface area (Å²) in [5.74, 6) is 0. The molecule has 240 valence electrons. The maximum Gasteiger partial charge on any atom is -0.00258 e. The third kappa shape index (κ3) is 5.82. The summed E-state index contributed by atoms with van der Waals surface area (Å²) in [7, 11) is 0. The second kappa shape index (κ2) is 13.1. The van der Waals surface area contributed by atoms with Crippen LogP contribution in [0.4, 0.5) is 0 Å². The molecule has 0 fully saturated rings. The summed E-state index contributed by atoms with van der Waals surface area (Å²) in [6.07, 6.45) is 0. The maximum atomic E-state index is 2.39. The maximum absolute atomic E-state index is 2.39. The Labute approximate surface area is 300 Å². The monoisotopic (exact) mass is 648 g/mol. The Morgan fingerprint density at radius 1 is 0.216 bits per heavy atom. The van der Waals surface area contributed by atoms with Crippen LogP contribution in [0.3, 0.4) is 0 Å². The van der Waals surface area contributed by atoms with Gasteiger partial charge in [0.05, 0.1) is 0 Å². The number of fused-ring (bicyclic) bond motifs is 2. The van der Waals surface area contributed by atoms with Gasteiger partial charge >= 0.3 is 0 Å². The Morgan fingerprint density at radius 2 is 0.510 bits per heavy atom. The fourth-order valence-electron chi connectivity index (χ4n) is 7.65. The number of benzene rings is 9. The van der Waals surface area contributed by atoms with Crippen LogP contribution in [0.1, 0.15) is 5.56 Å². The fraction of sp³-hybridized carbons (Fsp3) is 0.0196. The van der Waals surface area contributed by atoms with Crippen molar-refractivity contribution in [2.24, 2.45) is 0 Å².